The van der Waals surface area contributed by atoms with Crippen LogP contribution in [0.4, 0.5) is 14.0 Å². The number of hydrogen-bond donors (Lipinski definition) is 2. The van der Waals surface area contributed by atoms with Crippen molar-refractivity contribution in [2.75, 3.05) is 7.11 Å². The van der Waals surface area contributed by atoms with Crippen molar-refractivity contribution in [3.63, 3.8) is 0 Å². The molecular weight excluding hydrogens is 369 g/mol. The van der Waals surface area contributed by atoms with E-state index in [9.17, 15) is 14.0 Å². The minimum atomic E-state index is -0.812. The van der Waals surface area contributed by atoms with E-state index in [-0.39, 0.29) is 18.3 Å². The van der Waals surface area contributed by atoms with Crippen molar-refractivity contribution < 1.29 is 28.2 Å². The van der Waals surface area contributed by atoms with Gasteiger partial charge in [0, 0.05) is 5.56 Å². The number of carbonyl (C=O) groups excluding carboxylic acids is 2. The summed E-state index contributed by atoms with van der Waals surface area (Å²) in [6.45, 7) is 10.1. The lowest BCUT2D eigenvalue weighted by molar-refractivity contribution is 0.0545. The number of para-hydroxylation sites is 1. The summed E-state index contributed by atoms with van der Waals surface area (Å²) >= 11 is 0. The van der Waals surface area contributed by atoms with Gasteiger partial charge in [-0.05, 0) is 47.6 Å². The van der Waals surface area contributed by atoms with E-state index in [0.29, 0.717) is 5.56 Å². The first-order valence-electron chi connectivity index (χ1n) is 8.66. The molecule has 0 aliphatic rings. The molecule has 0 atom stereocenters. The molecule has 0 unspecified atom stereocenters. The summed E-state index contributed by atoms with van der Waals surface area (Å²) in [6.07, 6.45) is -1.62. The minimum Gasteiger partial charge on any atom is -0.493 e. The second-order valence-electron chi connectivity index (χ2n) is 7.85. The lowest BCUT2D eigenvalue weighted by Gasteiger charge is -2.22. The maximum absolute atomic E-state index is 13.8. The summed E-state index contributed by atoms with van der Waals surface area (Å²) in [5.41, 5.74) is -1.06. The fourth-order valence-electron chi connectivity index (χ4n) is 1.98. The van der Waals surface area contributed by atoms with E-state index in [1.807, 2.05) is 0 Å². The van der Waals surface area contributed by atoms with Crippen molar-refractivity contribution in [2.24, 2.45) is 4.99 Å². The Kier molecular flexibility index (Phi) is 7.78. The van der Waals surface area contributed by atoms with Crippen LogP contribution in [-0.4, -0.2) is 36.5 Å². The van der Waals surface area contributed by atoms with Crippen molar-refractivity contribution >= 4 is 18.1 Å². The molecule has 0 aliphatic carbocycles. The van der Waals surface area contributed by atoms with Crippen LogP contribution in [0.15, 0.2) is 23.2 Å². The van der Waals surface area contributed by atoms with E-state index >= 15 is 0 Å². The predicted molar refractivity (Wildman–Crippen MR) is 103 cm³/mol. The third-order valence-electron chi connectivity index (χ3n) is 2.90. The molecule has 0 spiro atoms. The highest BCUT2D eigenvalue weighted by molar-refractivity contribution is 6.01. The number of aliphatic imine (C=N–C) groups is 1. The molecule has 0 saturated heterocycles. The Bertz CT molecular complexity index is 704. The van der Waals surface area contributed by atoms with Gasteiger partial charge in [-0.3, -0.25) is 10.6 Å². The van der Waals surface area contributed by atoms with Gasteiger partial charge in [-0.15, -0.1) is 0 Å². The smallest absolute Gasteiger partial charge is 0.414 e. The van der Waals surface area contributed by atoms with E-state index in [0.717, 1.165) is 0 Å². The Morgan fingerprint density at radius 2 is 1.50 bits per heavy atom. The van der Waals surface area contributed by atoms with Crippen LogP contribution in [-0.2, 0) is 16.0 Å². The van der Waals surface area contributed by atoms with E-state index in [2.05, 4.69) is 15.6 Å². The van der Waals surface area contributed by atoms with Crippen molar-refractivity contribution in [3.8, 4) is 5.75 Å². The molecule has 0 aliphatic heterocycles. The van der Waals surface area contributed by atoms with Crippen molar-refractivity contribution in [3.05, 3.63) is 29.6 Å². The van der Waals surface area contributed by atoms with Crippen LogP contribution in [0.2, 0.25) is 0 Å². The first-order chi connectivity index (χ1) is 12.8. The molecule has 1 aromatic rings. The van der Waals surface area contributed by atoms with Gasteiger partial charge in [-0.25, -0.2) is 19.0 Å². The van der Waals surface area contributed by atoms with E-state index in [1.54, 1.807) is 47.6 Å². The monoisotopic (exact) mass is 397 g/mol. The molecule has 0 bridgehead atoms. The molecule has 2 amide bonds. The van der Waals surface area contributed by atoms with Crippen LogP contribution in [0.5, 0.6) is 5.75 Å². The number of ether oxygens (including phenoxy) is 3. The molecule has 1 aromatic carbocycles. The highest BCUT2D eigenvalue weighted by Crippen LogP contribution is 2.22. The average molecular weight is 397 g/mol. The summed E-state index contributed by atoms with van der Waals surface area (Å²) in [4.78, 5) is 28.2. The van der Waals surface area contributed by atoms with E-state index < -0.39 is 29.2 Å². The van der Waals surface area contributed by atoms with Gasteiger partial charge in [-0.2, -0.15) is 0 Å². The van der Waals surface area contributed by atoms with Crippen LogP contribution < -0.4 is 15.4 Å². The largest absolute Gasteiger partial charge is 0.493 e. The van der Waals surface area contributed by atoms with Gasteiger partial charge < -0.3 is 14.2 Å². The van der Waals surface area contributed by atoms with Gasteiger partial charge in [-0.1, -0.05) is 12.1 Å². The number of carbonyl (C=O) groups is 2. The first kappa shape index (κ1) is 23.2. The quantitative estimate of drug-likeness (QED) is 0.598. The summed E-state index contributed by atoms with van der Waals surface area (Å²) in [5, 5.41) is 4.71. The van der Waals surface area contributed by atoms with Crippen LogP contribution in [0.25, 0.3) is 0 Å². The van der Waals surface area contributed by atoms with Crippen molar-refractivity contribution in [1.29, 1.82) is 0 Å². The van der Waals surface area contributed by atoms with E-state index in [4.69, 9.17) is 14.2 Å². The third kappa shape index (κ3) is 8.70. The number of nitrogens with zero attached hydrogens (tertiary/aromatic N) is 1. The number of alkyl carbamates (subject to hydrolysis) is 2. The normalized spacial score (nSPS) is 11.3. The molecule has 8 nitrogen and oxygen atoms in total. The fraction of sp³-hybridized carbons (Fsp3) is 0.526. The third-order valence-corrected chi connectivity index (χ3v) is 2.90. The maximum atomic E-state index is 13.8. The molecule has 0 aromatic heterocycles. The Morgan fingerprint density at radius 3 is 1.93 bits per heavy atom. The van der Waals surface area contributed by atoms with Gasteiger partial charge in [0.2, 0.25) is 5.96 Å². The van der Waals surface area contributed by atoms with Crippen LogP contribution in [0.1, 0.15) is 47.1 Å². The highest BCUT2D eigenvalue weighted by Gasteiger charge is 2.21. The standard InChI is InChI=1S/C19H28FN3O5/c1-18(2,3)27-16(24)22-15(23-17(25)28-19(4,5)6)21-11-12-9-8-10-13(20)14(12)26-7/h8-10H,11H2,1-7H3,(H2,21,22,23,24,25). The lowest BCUT2D eigenvalue weighted by atomic mass is 10.2. The molecular formula is C19H28FN3O5. The van der Waals surface area contributed by atoms with Gasteiger partial charge in [0.05, 0.1) is 13.7 Å². The first-order valence-corrected chi connectivity index (χ1v) is 8.66. The molecule has 156 valence electrons. The Labute approximate surface area is 164 Å². The Hall–Kier alpha value is -2.84. The van der Waals surface area contributed by atoms with E-state index in [1.165, 1.54) is 19.2 Å². The van der Waals surface area contributed by atoms with Gasteiger partial charge in [0.1, 0.15) is 11.2 Å². The van der Waals surface area contributed by atoms with Gasteiger partial charge in [0.25, 0.3) is 0 Å². The Balaban J connectivity index is 3.02. The minimum absolute atomic E-state index is 0.0279. The zero-order chi connectivity index (χ0) is 21.5. The zero-order valence-electron chi connectivity index (χ0n) is 17.3. The summed E-state index contributed by atoms with van der Waals surface area (Å²) in [6, 6.07) is 4.37. The topological polar surface area (TPSA) is 98.3 Å². The molecule has 0 radical (unpaired) electrons. The number of amides is 2. The van der Waals surface area contributed by atoms with Crippen molar-refractivity contribution in [2.45, 2.75) is 59.3 Å². The molecule has 0 saturated carbocycles. The van der Waals surface area contributed by atoms with Crippen molar-refractivity contribution in [1.82, 2.24) is 10.6 Å². The van der Waals surface area contributed by atoms with Crippen LogP contribution >= 0.6 is 0 Å². The molecule has 9 heteroatoms. The summed E-state index contributed by atoms with van der Waals surface area (Å²) < 4.78 is 29.2. The fourth-order valence-corrected chi connectivity index (χ4v) is 1.98. The average Bonchev–Trinajstić information content (AvgIpc) is 2.48. The number of hydrogen-bond acceptors (Lipinski definition) is 6. The molecule has 0 fully saturated rings. The molecule has 2 N–H and O–H groups in total. The summed E-state index contributed by atoms with van der Waals surface area (Å²) in [5.74, 6) is -0.716. The number of methoxy groups -OCH3 is 1. The molecule has 1 rings (SSSR count). The number of nitrogens with one attached hydrogen (secondary N) is 2. The van der Waals surface area contributed by atoms with Gasteiger partial charge >= 0.3 is 12.2 Å². The maximum Gasteiger partial charge on any atom is 0.414 e. The molecule has 28 heavy (non-hydrogen) atoms. The summed E-state index contributed by atoms with van der Waals surface area (Å²) in [7, 11) is 1.34. The lowest BCUT2D eigenvalue weighted by Crippen LogP contribution is -2.47. The number of guanidine groups is 1. The highest BCUT2D eigenvalue weighted by atomic mass is 19.1. The number of halogens is 1. The second kappa shape index (κ2) is 9.38. The van der Waals surface area contributed by atoms with Gasteiger partial charge in [0.15, 0.2) is 11.6 Å². The number of rotatable bonds is 3. The molecule has 0 heterocycles. The SMILES string of the molecule is COc1c(F)cccc1CN=C(NC(=O)OC(C)(C)C)NC(=O)OC(C)(C)C. The Morgan fingerprint density at radius 1 is 1.00 bits per heavy atom. The van der Waals surface area contributed by atoms with Crippen LogP contribution in [0, 0.1) is 5.82 Å². The number of benzene rings is 1. The second-order valence-corrected chi connectivity index (χ2v) is 7.85. The zero-order valence-corrected chi connectivity index (χ0v) is 17.3. The van der Waals surface area contributed by atoms with Crippen LogP contribution in [0.3, 0.4) is 0 Å². The predicted octanol–water partition coefficient (Wildman–Crippen LogP) is 3.74.